The summed E-state index contributed by atoms with van der Waals surface area (Å²) in [6.45, 7) is 4.29. The molecule has 0 radical (unpaired) electrons. The van der Waals surface area contributed by atoms with Gasteiger partial charge in [-0.3, -0.25) is 20.4 Å². The summed E-state index contributed by atoms with van der Waals surface area (Å²) in [4.78, 5) is 25.4. The van der Waals surface area contributed by atoms with Crippen LogP contribution in [-0.2, 0) is 9.59 Å². The van der Waals surface area contributed by atoms with Crippen molar-refractivity contribution in [3.05, 3.63) is 30.1 Å². The summed E-state index contributed by atoms with van der Waals surface area (Å²) in [5.41, 5.74) is 5.85. The van der Waals surface area contributed by atoms with E-state index in [1.54, 1.807) is 4.90 Å². The lowest BCUT2D eigenvalue weighted by Crippen LogP contribution is -2.37. The summed E-state index contributed by atoms with van der Waals surface area (Å²) in [5.74, 6) is -0.915. The zero-order valence-electron chi connectivity index (χ0n) is 11.5. The van der Waals surface area contributed by atoms with Crippen molar-refractivity contribution in [1.29, 1.82) is 0 Å². The molecule has 0 aromatic heterocycles. The number of nitrogens with zero attached hydrogens (tertiary/aromatic N) is 1. The Hall–Kier alpha value is -2.11. The lowest BCUT2D eigenvalue weighted by molar-refractivity contribution is -0.129. The van der Waals surface area contributed by atoms with Gasteiger partial charge in [0.05, 0.1) is 11.6 Å². The van der Waals surface area contributed by atoms with Crippen LogP contribution in [0.4, 0.5) is 10.1 Å². The maximum absolute atomic E-state index is 12.7. The van der Waals surface area contributed by atoms with Gasteiger partial charge in [-0.1, -0.05) is 0 Å². The molecule has 1 heterocycles. The third-order valence-electron chi connectivity index (χ3n) is 3.33. The first-order valence-corrected chi connectivity index (χ1v) is 6.58. The molecule has 2 rings (SSSR count). The second-order valence-corrected chi connectivity index (χ2v) is 5.16. The molecule has 1 saturated heterocycles. The van der Waals surface area contributed by atoms with Gasteiger partial charge in [0.15, 0.2) is 0 Å². The van der Waals surface area contributed by atoms with Crippen molar-refractivity contribution in [2.24, 2.45) is 5.92 Å². The van der Waals surface area contributed by atoms with Gasteiger partial charge in [0.25, 0.3) is 0 Å². The molecule has 1 aromatic rings. The largest absolute Gasteiger partial charge is 0.339 e. The Morgan fingerprint density at radius 1 is 1.35 bits per heavy atom. The van der Waals surface area contributed by atoms with Gasteiger partial charge < -0.3 is 4.90 Å². The normalized spacial score (nSPS) is 18.5. The standard InChI is InChI=1S/C14H18FN3O2/c1-9(2)18-8-10(7-13(18)19)14(20)17-16-12-5-3-11(15)4-6-12/h3-6,9-10,16H,7-8H2,1-2H3,(H,17,20)/t10-/m0/s1. The van der Waals surface area contributed by atoms with Gasteiger partial charge in [-0.15, -0.1) is 0 Å². The maximum atomic E-state index is 12.7. The molecule has 6 heteroatoms. The molecule has 5 nitrogen and oxygen atoms in total. The summed E-state index contributed by atoms with van der Waals surface area (Å²) < 4.78 is 12.7. The van der Waals surface area contributed by atoms with Gasteiger partial charge in [0.1, 0.15) is 5.82 Å². The molecule has 108 valence electrons. The van der Waals surface area contributed by atoms with E-state index in [0.717, 1.165) is 0 Å². The summed E-state index contributed by atoms with van der Waals surface area (Å²) in [6.07, 6.45) is 0.231. The number of carbonyl (C=O) groups excluding carboxylic acids is 2. The summed E-state index contributed by atoms with van der Waals surface area (Å²) >= 11 is 0. The van der Waals surface area contributed by atoms with E-state index in [1.165, 1.54) is 24.3 Å². The Balaban J connectivity index is 1.87. The molecule has 0 bridgehead atoms. The van der Waals surface area contributed by atoms with Crippen molar-refractivity contribution in [2.75, 3.05) is 12.0 Å². The highest BCUT2D eigenvalue weighted by atomic mass is 19.1. The minimum absolute atomic E-state index is 0.00179. The second kappa shape index (κ2) is 5.90. The predicted octanol–water partition coefficient (Wildman–Crippen LogP) is 1.53. The van der Waals surface area contributed by atoms with Crippen molar-refractivity contribution in [2.45, 2.75) is 26.3 Å². The summed E-state index contributed by atoms with van der Waals surface area (Å²) in [6, 6.07) is 5.75. The van der Waals surface area contributed by atoms with E-state index in [1.807, 2.05) is 13.8 Å². The molecule has 0 aliphatic carbocycles. The molecule has 1 aliphatic rings. The van der Waals surface area contributed by atoms with Crippen LogP contribution in [0, 0.1) is 11.7 Å². The maximum Gasteiger partial charge on any atom is 0.243 e. The molecule has 20 heavy (non-hydrogen) atoms. The van der Waals surface area contributed by atoms with Crippen LogP contribution in [0.2, 0.25) is 0 Å². The zero-order chi connectivity index (χ0) is 14.7. The third-order valence-corrected chi connectivity index (χ3v) is 3.33. The van der Waals surface area contributed by atoms with Crippen LogP contribution in [0.1, 0.15) is 20.3 Å². The average molecular weight is 279 g/mol. The number of amides is 2. The number of hydrazine groups is 1. The van der Waals surface area contributed by atoms with E-state index < -0.39 is 0 Å². The molecular weight excluding hydrogens is 261 g/mol. The number of hydrogen-bond donors (Lipinski definition) is 2. The smallest absolute Gasteiger partial charge is 0.243 e. The van der Waals surface area contributed by atoms with Gasteiger partial charge in [-0.25, -0.2) is 4.39 Å². The number of hydrogen-bond acceptors (Lipinski definition) is 3. The molecule has 0 saturated carbocycles. The van der Waals surface area contributed by atoms with Gasteiger partial charge in [0.2, 0.25) is 11.8 Å². The van der Waals surface area contributed by atoms with Crippen LogP contribution in [0.15, 0.2) is 24.3 Å². The van der Waals surface area contributed by atoms with E-state index in [4.69, 9.17) is 0 Å². The Labute approximate surface area is 117 Å². The fourth-order valence-corrected chi connectivity index (χ4v) is 2.18. The Kier molecular flexibility index (Phi) is 4.22. The molecule has 1 aliphatic heterocycles. The molecule has 2 amide bonds. The number of carbonyl (C=O) groups is 2. The minimum Gasteiger partial charge on any atom is -0.339 e. The van der Waals surface area contributed by atoms with Gasteiger partial charge in [-0.05, 0) is 38.1 Å². The van der Waals surface area contributed by atoms with E-state index >= 15 is 0 Å². The molecular formula is C14H18FN3O2. The van der Waals surface area contributed by atoms with Crippen molar-refractivity contribution in [3.8, 4) is 0 Å². The number of likely N-dealkylation sites (tertiary alicyclic amines) is 1. The lowest BCUT2D eigenvalue weighted by Gasteiger charge is -2.20. The number of nitrogens with one attached hydrogen (secondary N) is 2. The van der Waals surface area contributed by atoms with E-state index in [2.05, 4.69) is 10.9 Å². The fraction of sp³-hybridized carbons (Fsp3) is 0.429. The monoisotopic (exact) mass is 279 g/mol. The van der Waals surface area contributed by atoms with Crippen LogP contribution in [0.5, 0.6) is 0 Å². The average Bonchev–Trinajstić information content (AvgIpc) is 2.80. The van der Waals surface area contributed by atoms with Gasteiger partial charge in [-0.2, -0.15) is 0 Å². The van der Waals surface area contributed by atoms with E-state index in [9.17, 15) is 14.0 Å². The third kappa shape index (κ3) is 3.26. The Morgan fingerprint density at radius 2 is 2.00 bits per heavy atom. The highest BCUT2D eigenvalue weighted by molar-refractivity contribution is 5.89. The Bertz CT molecular complexity index is 502. The van der Waals surface area contributed by atoms with Crippen LogP contribution >= 0.6 is 0 Å². The SMILES string of the molecule is CC(C)N1C[C@@H](C(=O)NNc2ccc(F)cc2)CC1=O. The highest BCUT2D eigenvalue weighted by Gasteiger charge is 2.35. The second-order valence-electron chi connectivity index (χ2n) is 5.16. The van der Waals surface area contributed by atoms with Crippen LogP contribution in [0.3, 0.4) is 0 Å². The van der Waals surface area contributed by atoms with E-state index in [-0.39, 0.29) is 36.0 Å². The van der Waals surface area contributed by atoms with Crippen molar-refractivity contribution in [1.82, 2.24) is 10.3 Å². The Morgan fingerprint density at radius 3 is 2.55 bits per heavy atom. The molecule has 1 atom stereocenters. The van der Waals surface area contributed by atoms with Crippen molar-refractivity contribution < 1.29 is 14.0 Å². The minimum atomic E-state index is -0.349. The van der Waals surface area contributed by atoms with Gasteiger partial charge >= 0.3 is 0 Å². The number of rotatable bonds is 4. The highest BCUT2D eigenvalue weighted by Crippen LogP contribution is 2.20. The quantitative estimate of drug-likeness (QED) is 0.822. The summed E-state index contributed by atoms with van der Waals surface area (Å²) in [5, 5.41) is 0. The molecule has 2 N–H and O–H groups in total. The first-order chi connectivity index (χ1) is 9.47. The zero-order valence-corrected chi connectivity index (χ0v) is 11.5. The van der Waals surface area contributed by atoms with Crippen LogP contribution < -0.4 is 10.9 Å². The molecule has 1 aromatic carbocycles. The van der Waals surface area contributed by atoms with Crippen molar-refractivity contribution >= 4 is 17.5 Å². The topological polar surface area (TPSA) is 61.4 Å². The first kappa shape index (κ1) is 14.3. The number of benzene rings is 1. The van der Waals surface area contributed by atoms with Gasteiger partial charge in [0, 0.05) is 19.0 Å². The predicted molar refractivity (Wildman–Crippen MR) is 73.1 cm³/mol. The molecule has 1 fully saturated rings. The first-order valence-electron chi connectivity index (χ1n) is 6.58. The van der Waals surface area contributed by atoms with Crippen LogP contribution in [0.25, 0.3) is 0 Å². The lowest BCUT2D eigenvalue weighted by atomic mass is 10.1. The number of halogens is 1. The number of anilines is 1. The fourth-order valence-electron chi connectivity index (χ4n) is 2.18. The molecule has 0 spiro atoms. The van der Waals surface area contributed by atoms with E-state index in [0.29, 0.717) is 12.2 Å². The van der Waals surface area contributed by atoms with Crippen LogP contribution in [-0.4, -0.2) is 29.3 Å². The summed E-state index contributed by atoms with van der Waals surface area (Å²) in [7, 11) is 0. The molecule has 0 unspecified atom stereocenters. The van der Waals surface area contributed by atoms with Crippen molar-refractivity contribution in [3.63, 3.8) is 0 Å².